The minimum absolute atomic E-state index is 0.144. The maximum absolute atomic E-state index is 11.0. The number of benzene rings is 1. The van der Waals surface area contributed by atoms with Gasteiger partial charge in [0, 0.05) is 17.1 Å². The lowest BCUT2D eigenvalue weighted by atomic mass is 10.2. The van der Waals surface area contributed by atoms with Crippen molar-refractivity contribution in [2.75, 3.05) is 0 Å². The van der Waals surface area contributed by atoms with Crippen molar-refractivity contribution in [3.63, 3.8) is 0 Å². The molecule has 2 aromatic rings. The third kappa shape index (κ3) is 2.70. The molecule has 6 heteroatoms. The molecule has 0 fully saturated rings. The summed E-state index contributed by atoms with van der Waals surface area (Å²) in [6.45, 7) is 0.173. The number of carboxylic acids is 1. The van der Waals surface area contributed by atoms with E-state index in [0.717, 1.165) is 4.47 Å². The third-order valence-electron chi connectivity index (χ3n) is 2.41. The van der Waals surface area contributed by atoms with Crippen LogP contribution in [0.15, 0.2) is 34.9 Å². The van der Waals surface area contributed by atoms with Crippen LogP contribution in [0.5, 0.6) is 5.75 Å². The Hall–Kier alpha value is -1.82. The summed E-state index contributed by atoms with van der Waals surface area (Å²) in [4.78, 5) is 11.0. The van der Waals surface area contributed by atoms with E-state index in [2.05, 4.69) is 21.0 Å². The molecule has 1 aromatic carbocycles. The first-order chi connectivity index (χ1) is 8.58. The summed E-state index contributed by atoms with van der Waals surface area (Å²) in [7, 11) is 1.59. The fraction of sp³-hybridized carbons (Fsp3) is 0.167. The molecule has 0 aliphatic carbocycles. The molecule has 0 spiro atoms. The second-order valence-corrected chi connectivity index (χ2v) is 4.61. The van der Waals surface area contributed by atoms with Crippen LogP contribution >= 0.6 is 15.9 Å². The van der Waals surface area contributed by atoms with Gasteiger partial charge in [-0.25, -0.2) is 4.79 Å². The normalized spacial score (nSPS) is 10.3. The first-order valence-corrected chi connectivity index (χ1v) is 6.00. The van der Waals surface area contributed by atoms with Crippen molar-refractivity contribution in [2.45, 2.75) is 6.61 Å². The number of rotatable bonds is 4. The summed E-state index contributed by atoms with van der Waals surface area (Å²) in [6.07, 6.45) is 1.50. The van der Waals surface area contributed by atoms with E-state index in [9.17, 15) is 4.79 Å². The van der Waals surface area contributed by atoms with E-state index >= 15 is 0 Å². The number of nitrogens with zero attached hydrogens (tertiary/aromatic N) is 2. The molecule has 5 nitrogen and oxygen atoms in total. The van der Waals surface area contributed by atoms with Crippen molar-refractivity contribution in [2.24, 2.45) is 7.05 Å². The summed E-state index contributed by atoms with van der Waals surface area (Å²) in [5.74, 6) is -0.340. The van der Waals surface area contributed by atoms with Crippen LogP contribution in [-0.2, 0) is 13.7 Å². The van der Waals surface area contributed by atoms with Crippen LogP contribution in [-0.4, -0.2) is 20.9 Å². The van der Waals surface area contributed by atoms with Gasteiger partial charge in [0.25, 0.3) is 0 Å². The van der Waals surface area contributed by atoms with Crippen molar-refractivity contribution < 1.29 is 14.6 Å². The van der Waals surface area contributed by atoms with Crippen LogP contribution in [0.25, 0.3) is 0 Å². The highest BCUT2D eigenvalue weighted by Crippen LogP contribution is 2.19. The number of ether oxygens (including phenoxy) is 1. The highest BCUT2D eigenvalue weighted by Gasteiger charge is 2.15. The third-order valence-corrected chi connectivity index (χ3v) is 2.90. The Morgan fingerprint density at radius 1 is 1.56 bits per heavy atom. The number of carboxylic acid groups (broad SMARTS) is 1. The molecule has 0 unspecified atom stereocenters. The Morgan fingerprint density at radius 2 is 2.33 bits per heavy atom. The van der Waals surface area contributed by atoms with Gasteiger partial charge in [0.15, 0.2) is 5.69 Å². The van der Waals surface area contributed by atoms with Crippen LogP contribution in [0.4, 0.5) is 0 Å². The van der Waals surface area contributed by atoms with Gasteiger partial charge >= 0.3 is 5.97 Å². The van der Waals surface area contributed by atoms with Gasteiger partial charge < -0.3 is 9.84 Å². The topological polar surface area (TPSA) is 64.4 Å². The number of halogens is 1. The van der Waals surface area contributed by atoms with Crippen LogP contribution in [0.2, 0.25) is 0 Å². The first kappa shape index (κ1) is 12.6. The lowest BCUT2D eigenvalue weighted by Gasteiger charge is -2.06. The minimum atomic E-state index is -1.01. The molecule has 0 radical (unpaired) electrons. The van der Waals surface area contributed by atoms with Crippen molar-refractivity contribution in [3.05, 3.63) is 46.2 Å². The number of carbonyl (C=O) groups is 1. The molecular weight excluding hydrogens is 300 g/mol. The van der Waals surface area contributed by atoms with Gasteiger partial charge in [-0.05, 0) is 18.2 Å². The zero-order valence-corrected chi connectivity index (χ0v) is 11.2. The standard InChI is InChI=1S/C12H11BrN2O3/c1-15-11(12(16)17)8(6-14-15)7-18-10-4-2-3-9(13)5-10/h2-6H,7H2,1H3,(H,16,17). The molecule has 1 N–H and O–H groups in total. The molecule has 0 atom stereocenters. The molecule has 0 aliphatic rings. The predicted molar refractivity (Wildman–Crippen MR) is 68.6 cm³/mol. The quantitative estimate of drug-likeness (QED) is 0.942. The summed E-state index contributed by atoms with van der Waals surface area (Å²) >= 11 is 3.34. The Kier molecular flexibility index (Phi) is 3.66. The fourth-order valence-corrected chi connectivity index (χ4v) is 1.96. The second-order valence-electron chi connectivity index (χ2n) is 3.69. The van der Waals surface area contributed by atoms with Crippen LogP contribution in [0, 0.1) is 0 Å². The maximum atomic E-state index is 11.0. The second kappa shape index (κ2) is 5.22. The van der Waals surface area contributed by atoms with Gasteiger partial charge in [-0.1, -0.05) is 22.0 Å². The number of aromatic carboxylic acids is 1. The fourth-order valence-electron chi connectivity index (χ4n) is 1.58. The summed E-state index contributed by atoms with van der Waals surface area (Å²) in [6, 6.07) is 7.36. The molecule has 0 saturated carbocycles. The summed E-state index contributed by atoms with van der Waals surface area (Å²) in [5, 5.41) is 13.0. The summed E-state index contributed by atoms with van der Waals surface area (Å²) in [5.41, 5.74) is 0.690. The van der Waals surface area contributed by atoms with Gasteiger partial charge in [0.05, 0.1) is 6.20 Å². The largest absolute Gasteiger partial charge is 0.489 e. The molecule has 18 heavy (non-hydrogen) atoms. The highest BCUT2D eigenvalue weighted by molar-refractivity contribution is 9.10. The van der Waals surface area contributed by atoms with E-state index in [1.165, 1.54) is 10.9 Å². The molecule has 0 bridgehead atoms. The van der Waals surface area contributed by atoms with Crippen LogP contribution < -0.4 is 4.74 Å². The smallest absolute Gasteiger partial charge is 0.354 e. The maximum Gasteiger partial charge on any atom is 0.354 e. The van der Waals surface area contributed by atoms with Crippen LogP contribution in [0.3, 0.4) is 0 Å². The van der Waals surface area contributed by atoms with E-state index in [0.29, 0.717) is 11.3 Å². The molecule has 2 rings (SSSR count). The number of aromatic nitrogens is 2. The van der Waals surface area contributed by atoms with E-state index in [4.69, 9.17) is 9.84 Å². The number of hydrogen-bond acceptors (Lipinski definition) is 3. The summed E-state index contributed by atoms with van der Waals surface area (Å²) < 4.78 is 7.76. The SMILES string of the molecule is Cn1ncc(COc2cccc(Br)c2)c1C(=O)O. The predicted octanol–water partition coefficient (Wildman–Crippen LogP) is 2.46. The van der Waals surface area contributed by atoms with Crippen molar-refractivity contribution in [1.29, 1.82) is 0 Å². The average molecular weight is 311 g/mol. The lowest BCUT2D eigenvalue weighted by Crippen LogP contribution is -2.09. The number of hydrogen-bond donors (Lipinski definition) is 1. The van der Waals surface area contributed by atoms with E-state index in [1.54, 1.807) is 7.05 Å². The van der Waals surface area contributed by atoms with Crippen molar-refractivity contribution in [1.82, 2.24) is 9.78 Å². The average Bonchev–Trinajstić information content (AvgIpc) is 2.68. The van der Waals surface area contributed by atoms with Crippen molar-refractivity contribution >= 4 is 21.9 Å². The Morgan fingerprint density at radius 3 is 3.00 bits per heavy atom. The lowest BCUT2D eigenvalue weighted by molar-refractivity contribution is 0.0682. The Bertz CT molecular complexity index is 580. The Labute approximate surface area is 112 Å². The zero-order chi connectivity index (χ0) is 13.1. The van der Waals surface area contributed by atoms with Gasteiger partial charge in [-0.3, -0.25) is 4.68 Å². The minimum Gasteiger partial charge on any atom is -0.489 e. The van der Waals surface area contributed by atoms with Gasteiger partial charge in [-0.15, -0.1) is 0 Å². The van der Waals surface area contributed by atoms with Gasteiger partial charge in [-0.2, -0.15) is 5.10 Å². The number of aryl methyl sites for hydroxylation is 1. The molecule has 0 amide bonds. The zero-order valence-electron chi connectivity index (χ0n) is 9.63. The van der Waals surface area contributed by atoms with E-state index in [-0.39, 0.29) is 12.3 Å². The first-order valence-electron chi connectivity index (χ1n) is 5.20. The Balaban J connectivity index is 2.13. The van der Waals surface area contributed by atoms with Gasteiger partial charge in [0.2, 0.25) is 0 Å². The molecule has 94 valence electrons. The monoisotopic (exact) mass is 310 g/mol. The molecular formula is C12H11BrN2O3. The van der Waals surface area contributed by atoms with Crippen LogP contribution in [0.1, 0.15) is 16.1 Å². The van der Waals surface area contributed by atoms with Gasteiger partial charge in [0.1, 0.15) is 12.4 Å². The van der Waals surface area contributed by atoms with Crippen molar-refractivity contribution in [3.8, 4) is 5.75 Å². The van der Waals surface area contributed by atoms with E-state index in [1.807, 2.05) is 24.3 Å². The molecule has 0 aliphatic heterocycles. The van der Waals surface area contributed by atoms with E-state index < -0.39 is 5.97 Å². The molecule has 0 saturated heterocycles. The molecule has 1 aromatic heterocycles. The molecule has 1 heterocycles. The highest BCUT2D eigenvalue weighted by atomic mass is 79.9.